The van der Waals surface area contributed by atoms with Crippen LogP contribution in [0.3, 0.4) is 0 Å². The maximum Gasteiger partial charge on any atom is 0.352 e. The average Bonchev–Trinajstić information content (AvgIpc) is 2.52. The van der Waals surface area contributed by atoms with E-state index in [1.807, 2.05) is 0 Å². The van der Waals surface area contributed by atoms with Crippen LogP contribution >= 0.6 is 0 Å². The summed E-state index contributed by atoms with van der Waals surface area (Å²) in [5.74, 6) is -1.67. The highest BCUT2D eigenvalue weighted by Gasteiger charge is 2.30. The van der Waals surface area contributed by atoms with Crippen LogP contribution in [0, 0.1) is 0 Å². The van der Waals surface area contributed by atoms with Gasteiger partial charge in [-0.3, -0.25) is 24.7 Å². The van der Waals surface area contributed by atoms with Crippen LogP contribution < -0.4 is 10.2 Å². The quantitative estimate of drug-likeness (QED) is 0.445. The fourth-order valence-corrected chi connectivity index (χ4v) is 1.36. The minimum absolute atomic E-state index is 0.0380. The number of fused-ring (bicyclic) bond motifs is 1. The summed E-state index contributed by atoms with van der Waals surface area (Å²) in [4.78, 5) is 42.2. The smallest absolute Gasteiger partial charge is 0.288 e. The first kappa shape index (κ1) is 10.2. The van der Waals surface area contributed by atoms with Crippen molar-refractivity contribution in [1.82, 2.24) is 5.32 Å². The van der Waals surface area contributed by atoms with E-state index in [0.717, 1.165) is 6.92 Å². The highest BCUT2D eigenvalue weighted by Crippen LogP contribution is 2.26. The van der Waals surface area contributed by atoms with Crippen LogP contribution in [-0.2, 0) is 9.68 Å². The van der Waals surface area contributed by atoms with Gasteiger partial charge in [0.05, 0.1) is 11.1 Å². The molecule has 1 heterocycles. The van der Waals surface area contributed by atoms with Crippen LogP contribution in [0.5, 0.6) is 5.75 Å². The van der Waals surface area contributed by atoms with Crippen LogP contribution in [0.1, 0.15) is 27.6 Å². The molecule has 0 saturated heterocycles. The van der Waals surface area contributed by atoms with Crippen molar-refractivity contribution < 1.29 is 24.2 Å². The monoisotopic (exact) mass is 221 g/mol. The van der Waals surface area contributed by atoms with Crippen molar-refractivity contribution in [2.75, 3.05) is 0 Å². The van der Waals surface area contributed by atoms with Gasteiger partial charge >= 0.3 is 5.97 Å². The second-order valence-corrected chi connectivity index (χ2v) is 3.12. The standard InChI is InChI=1S/C10H7NO5/c1-5(12)15-16-7-4-2-3-6-8(7)10(14)11-9(6)13/h2-4H,1H3,(H,11,13,14). The van der Waals surface area contributed by atoms with E-state index in [1.54, 1.807) is 0 Å². The lowest BCUT2D eigenvalue weighted by Gasteiger charge is -2.04. The topological polar surface area (TPSA) is 81.7 Å². The number of imide groups is 1. The zero-order valence-corrected chi connectivity index (χ0v) is 8.27. The molecule has 16 heavy (non-hydrogen) atoms. The summed E-state index contributed by atoms with van der Waals surface area (Å²) in [6.45, 7) is 1.16. The fourth-order valence-electron chi connectivity index (χ4n) is 1.36. The second-order valence-electron chi connectivity index (χ2n) is 3.12. The van der Waals surface area contributed by atoms with Crippen molar-refractivity contribution in [3.63, 3.8) is 0 Å². The van der Waals surface area contributed by atoms with E-state index in [1.165, 1.54) is 18.2 Å². The lowest BCUT2D eigenvalue weighted by Crippen LogP contribution is -2.20. The van der Waals surface area contributed by atoms with Crippen molar-refractivity contribution in [3.05, 3.63) is 29.3 Å². The molecule has 0 spiro atoms. The molecule has 0 radical (unpaired) electrons. The third-order valence-corrected chi connectivity index (χ3v) is 1.97. The van der Waals surface area contributed by atoms with Crippen molar-refractivity contribution in [1.29, 1.82) is 0 Å². The van der Waals surface area contributed by atoms with E-state index in [4.69, 9.17) is 0 Å². The first-order chi connectivity index (χ1) is 7.59. The number of rotatable bonds is 2. The van der Waals surface area contributed by atoms with Gasteiger partial charge in [-0.1, -0.05) is 6.07 Å². The molecule has 1 aliphatic heterocycles. The molecule has 1 aromatic carbocycles. The summed E-state index contributed by atoms with van der Waals surface area (Å²) < 4.78 is 0. The Balaban J connectivity index is 2.37. The Labute approximate surface area is 90.1 Å². The third-order valence-electron chi connectivity index (χ3n) is 1.97. The normalized spacial score (nSPS) is 13.1. The Morgan fingerprint density at radius 2 is 2.00 bits per heavy atom. The van der Waals surface area contributed by atoms with E-state index >= 15 is 0 Å². The molecule has 0 bridgehead atoms. The molecule has 6 nitrogen and oxygen atoms in total. The summed E-state index contributed by atoms with van der Waals surface area (Å²) in [5, 5.41) is 2.11. The maximum absolute atomic E-state index is 11.4. The summed E-state index contributed by atoms with van der Waals surface area (Å²) in [5.41, 5.74) is 0.281. The number of amides is 2. The molecule has 1 N–H and O–H groups in total. The minimum Gasteiger partial charge on any atom is -0.288 e. The molecule has 82 valence electrons. The number of benzene rings is 1. The molecule has 6 heteroatoms. The molecule has 2 amide bonds. The average molecular weight is 221 g/mol. The van der Waals surface area contributed by atoms with E-state index < -0.39 is 17.8 Å². The Hall–Kier alpha value is -2.37. The lowest BCUT2D eigenvalue weighted by atomic mass is 10.1. The molecule has 1 aromatic rings. The maximum atomic E-state index is 11.4. The van der Waals surface area contributed by atoms with Crippen LogP contribution in [0.2, 0.25) is 0 Å². The molecule has 0 unspecified atom stereocenters. The first-order valence-electron chi connectivity index (χ1n) is 4.43. The fraction of sp³-hybridized carbons (Fsp3) is 0.100. The summed E-state index contributed by atoms with van der Waals surface area (Å²) in [6, 6.07) is 4.44. The van der Waals surface area contributed by atoms with Crippen molar-refractivity contribution in [3.8, 4) is 5.75 Å². The number of carbonyl (C=O) groups excluding carboxylic acids is 3. The highest BCUT2D eigenvalue weighted by atomic mass is 17.2. The zero-order valence-electron chi connectivity index (χ0n) is 8.27. The zero-order chi connectivity index (χ0) is 11.7. The van der Waals surface area contributed by atoms with E-state index in [2.05, 4.69) is 15.1 Å². The molecule has 0 saturated carbocycles. The van der Waals surface area contributed by atoms with Crippen molar-refractivity contribution >= 4 is 17.8 Å². The Morgan fingerprint density at radius 1 is 1.25 bits per heavy atom. The van der Waals surface area contributed by atoms with Gasteiger partial charge < -0.3 is 0 Å². The van der Waals surface area contributed by atoms with Gasteiger partial charge in [-0.05, 0) is 12.1 Å². The lowest BCUT2D eigenvalue weighted by molar-refractivity contribution is -0.211. The van der Waals surface area contributed by atoms with Gasteiger partial charge in [0.15, 0.2) is 5.75 Å². The molecule has 0 aliphatic carbocycles. The van der Waals surface area contributed by atoms with E-state index in [9.17, 15) is 14.4 Å². The van der Waals surface area contributed by atoms with Gasteiger partial charge in [0.2, 0.25) is 0 Å². The van der Waals surface area contributed by atoms with Crippen LogP contribution in [0.25, 0.3) is 0 Å². The summed E-state index contributed by atoms with van der Waals surface area (Å²) in [6.07, 6.45) is 0. The predicted octanol–water partition coefficient (Wildman–Crippen LogP) is 0.427. The Kier molecular flexibility index (Phi) is 2.32. The Morgan fingerprint density at radius 3 is 2.69 bits per heavy atom. The SMILES string of the molecule is CC(=O)OOc1cccc2c1C(=O)NC2=O. The molecular formula is C10H7NO5. The molecule has 0 atom stereocenters. The van der Waals surface area contributed by atoms with Crippen LogP contribution in [-0.4, -0.2) is 17.8 Å². The number of carbonyl (C=O) groups is 3. The van der Waals surface area contributed by atoms with Gasteiger partial charge in [0.25, 0.3) is 11.8 Å². The van der Waals surface area contributed by atoms with E-state index in [0.29, 0.717) is 0 Å². The minimum atomic E-state index is -0.651. The first-order valence-corrected chi connectivity index (χ1v) is 4.43. The van der Waals surface area contributed by atoms with Gasteiger partial charge in [-0.15, -0.1) is 0 Å². The van der Waals surface area contributed by atoms with Crippen LogP contribution in [0.15, 0.2) is 18.2 Å². The molecule has 0 aromatic heterocycles. The molecule has 2 rings (SSSR count). The largest absolute Gasteiger partial charge is 0.352 e. The molecular weight excluding hydrogens is 214 g/mol. The van der Waals surface area contributed by atoms with Crippen molar-refractivity contribution in [2.45, 2.75) is 6.92 Å². The predicted molar refractivity (Wildman–Crippen MR) is 50.6 cm³/mol. The van der Waals surface area contributed by atoms with Gasteiger partial charge in [0.1, 0.15) is 0 Å². The number of nitrogens with one attached hydrogen (secondary N) is 1. The summed E-state index contributed by atoms with van der Waals surface area (Å²) in [7, 11) is 0. The highest BCUT2D eigenvalue weighted by molar-refractivity contribution is 6.22. The Bertz CT molecular complexity index is 494. The third kappa shape index (κ3) is 1.60. The van der Waals surface area contributed by atoms with E-state index in [-0.39, 0.29) is 16.9 Å². The number of hydrogen-bond donors (Lipinski definition) is 1. The second kappa shape index (κ2) is 3.65. The summed E-state index contributed by atoms with van der Waals surface area (Å²) >= 11 is 0. The van der Waals surface area contributed by atoms with Crippen LogP contribution in [0.4, 0.5) is 0 Å². The molecule has 1 aliphatic rings. The van der Waals surface area contributed by atoms with Gasteiger partial charge in [-0.2, -0.15) is 0 Å². The van der Waals surface area contributed by atoms with Gasteiger partial charge in [-0.25, -0.2) is 4.79 Å². The number of hydrogen-bond acceptors (Lipinski definition) is 5. The molecule has 0 fully saturated rings. The van der Waals surface area contributed by atoms with Gasteiger partial charge in [0, 0.05) is 6.92 Å². The van der Waals surface area contributed by atoms with Crippen molar-refractivity contribution in [2.24, 2.45) is 0 Å².